The molecule has 1 aromatic carbocycles. The van der Waals surface area contributed by atoms with E-state index in [1.807, 2.05) is 19.9 Å². The smallest absolute Gasteiger partial charge is 0.306 e. The van der Waals surface area contributed by atoms with Crippen LogP contribution in [-0.2, 0) is 22.7 Å². The van der Waals surface area contributed by atoms with Crippen molar-refractivity contribution in [3.63, 3.8) is 0 Å². The number of hydrogen-bond acceptors (Lipinski definition) is 5. The molecule has 6 nitrogen and oxygen atoms in total. The second-order valence-corrected chi connectivity index (χ2v) is 5.69. The van der Waals surface area contributed by atoms with Gasteiger partial charge in [0.25, 0.3) is 5.56 Å². The highest BCUT2D eigenvalue weighted by molar-refractivity contribution is 5.77. The first-order valence-electron chi connectivity index (χ1n) is 7.54. The van der Waals surface area contributed by atoms with E-state index in [2.05, 4.69) is 4.98 Å². The van der Waals surface area contributed by atoms with Gasteiger partial charge in [-0.3, -0.25) is 14.2 Å². The van der Waals surface area contributed by atoms with Gasteiger partial charge in [-0.25, -0.2) is 4.98 Å². The standard InChI is InChI=1S/C17H19N3O3/c1-12(2)7-8-16(21)23-11-15-19-14-6-4-3-5-13(14)17(22)20(15)10-9-18/h3-6,12H,7-8,10-11H2,1-2H3. The molecular weight excluding hydrogens is 294 g/mol. The molecule has 0 amide bonds. The summed E-state index contributed by atoms with van der Waals surface area (Å²) in [5.74, 6) is 0.371. The fourth-order valence-electron chi connectivity index (χ4n) is 2.18. The zero-order chi connectivity index (χ0) is 16.8. The van der Waals surface area contributed by atoms with Crippen molar-refractivity contribution < 1.29 is 9.53 Å². The summed E-state index contributed by atoms with van der Waals surface area (Å²) in [7, 11) is 0. The molecule has 0 radical (unpaired) electrons. The van der Waals surface area contributed by atoms with Crippen LogP contribution in [0.25, 0.3) is 10.9 Å². The molecule has 23 heavy (non-hydrogen) atoms. The maximum atomic E-state index is 12.4. The van der Waals surface area contributed by atoms with Crippen LogP contribution in [0.4, 0.5) is 0 Å². The lowest BCUT2D eigenvalue weighted by molar-refractivity contribution is -0.145. The van der Waals surface area contributed by atoms with Crippen molar-refractivity contribution in [3.05, 3.63) is 40.4 Å². The Hall–Kier alpha value is -2.68. The topological polar surface area (TPSA) is 85.0 Å². The van der Waals surface area contributed by atoms with Gasteiger partial charge in [0, 0.05) is 6.42 Å². The number of nitrogens with zero attached hydrogens (tertiary/aromatic N) is 3. The van der Waals surface area contributed by atoms with Crippen molar-refractivity contribution in [2.24, 2.45) is 5.92 Å². The lowest BCUT2D eigenvalue weighted by atomic mass is 10.1. The van der Waals surface area contributed by atoms with Crippen molar-refractivity contribution >= 4 is 16.9 Å². The number of benzene rings is 1. The Morgan fingerprint density at radius 2 is 2.13 bits per heavy atom. The molecule has 0 aliphatic carbocycles. The summed E-state index contributed by atoms with van der Waals surface area (Å²) < 4.78 is 6.45. The Balaban J connectivity index is 2.25. The molecule has 0 unspecified atom stereocenters. The molecule has 1 aromatic heterocycles. The van der Waals surface area contributed by atoms with E-state index in [1.54, 1.807) is 24.3 Å². The van der Waals surface area contributed by atoms with Gasteiger partial charge in [-0.05, 0) is 24.5 Å². The van der Waals surface area contributed by atoms with Crippen molar-refractivity contribution in [3.8, 4) is 6.07 Å². The maximum Gasteiger partial charge on any atom is 0.306 e. The SMILES string of the molecule is CC(C)CCC(=O)OCc1nc2ccccc2c(=O)n1CC#N. The highest BCUT2D eigenvalue weighted by atomic mass is 16.5. The van der Waals surface area contributed by atoms with Gasteiger partial charge >= 0.3 is 5.97 Å². The van der Waals surface area contributed by atoms with Crippen LogP contribution in [0.2, 0.25) is 0 Å². The van der Waals surface area contributed by atoms with E-state index in [4.69, 9.17) is 10.00 Å². The number of carbonyl (C=O) groups is 1. The summed E-state index contributed by atoms with van der Waals surface area (Å²) >= 11 is 0. The quantitative estimate of drug-likeness (QED) is 0.764. The van der Waals surface area contributed by atoms with Crippen LogP contribution >= 0.6 is 0 Å². The molecule has 120 valence electrons. The predicted octanol–water partition coefficient (Wildman–Crippen LogP) is 2.40. The molecule has 6 heteroatoms. The van der Waals surface area contributed by atoms with Crippen molar-refractivity contribution in [1.29, 1.82) is 5.26 Å². The minimum absolute atomic E-state index is 0.112. The number of ether oxygens (including phenoxy) is 1. The summed E-state index contributed by atoms with van der Waals surface area (Å²) in [6, 6.07) is 8.85. The summed E-state index contributed by atoms with van der Waals surface area (Å²) in [5, 5.41) is 9.36. The molecular formula is C17H19N3O3. The Morgan fingerprint density at radius 3 is 2.83 bits per heavy atom. The van der Waals surface area contributed by atoms with E-state index in [9.17, 15) is 9.59 Å². The van der Waals surface area contributed by atoms with E-state index in [1.165, 1.54) is 4.57 Å². The van der Waals surface area contributed by atoms with Gasteiger partial charge < -0.3 is 4.74 Å². The maximum absolute atomic E-state index is 12.4. The zero-order valence-electron chi connectivity index (χ0n) is 13.3. The van der Waals surface area contributed by atoms with Crippen molar-refractivity contribution in [2.45, 2.75) is 39.8 Å². The van der Waals surface area contributed by atoms with Crippen LogP contribution in [0.1, 0.15) is 32.5 Å². The predicted molar refractivity (Wildman–Crippen MR) is 85.5 cm³/mol. The van der Waals surface area contributed by atoms with E-state index >= 15 is 0 Å². The van der Waals surface area contributed by atoms with E-state index in [0.717, 1.165) is 6.42 Å². The summed E-state index contributed by atoms with van der Waals surface area (Å²) in [4.78, 5) is 28.5. The number of hydrogen-bond donors (Lipinski definition) is 0. The zero-order valence-corrected chi connectivity index (χ0v) is 13.3. The van der Waals surface area contributed by atoms with Gasteiger partial charge in [-0.1, -0.05) is 26.0 Å². The highest BCUT2D eigenvalue weighted by Crippen LogP contribution is 2.10. The van der Waals surface area contributed by atoms with Gasteiger partial charge in [0.2, 0.25) is 0 Å². The first-order valence-corrected chi connectivity index (χ1v) is 7.54. The van der Waals surface area contributed by atoms with Gasteiger partial charge in [-0.15, -0.1) is 0 Å². The summed E-state index contributed by atoms with van der Waals surface area (Å²) in [6.07, 6.45) is 1.07. The van der Waals surface area contributed by atoms with Crippen LogP contribution < -0.4 is 5.56 Å². The van der Waals surface area contributed by atoms with Crippen LogP contribution in [0.5, 0.6) is 0 Å². The minimum Gasteiger partial charge on any atom is -0.458 e. The lowest BCUT2D eigenvalue weighted by Crippen LogP contribution is -2.26. The highest BCUT2D eigenvalue weighted by Gasteiger charge is 2.13. The van der Waals surface area contributed by atoms with Crippen molar-refractivity contribution in [2.75, 3.05) is 0 Å². The molecule has 0 saturated carbocycles. The normalized spacial score (nSPS) is 10.7. The largest absolute Gasteiger partial charge is 0.458 e. The van der Waals surface area contributed by atoms with E-state index < -0.39 is 0 Å². The second-order valence-electron chi connectivity index (χ2n) is 5.69. The van der Waals surface area contributed by atoms with Crippen LogP contribution in [0.15, 0.2) is 29.1 Å². The van der Waals surface area contributed by atoms with Gasteiger partial charge in [0.15, 0.2) is 5.82 Å². The molecule has 0 atom stereocenters. The Morgan fingerprint density at radius 1 is 1.39 bits per heavy atom. The van der Waals surface area contributed by atoms with E-state index in [0.29, 0.717) is 23.2 Å². The molecule has 0 bridgehead atoms. The third-order valence-corrected chi connectivity index (χ3v) is 3.46. The minimum atomic E-state index is -0.329. The number of rotatable bonds is 6. The van der Waals surface area contributed by atoms with Crippen LogP contribution in [0.3, 0.4) is 0 Å². The van der Waals surface area contributed by atoms with E-state index in [-0.39, 0.29) is 30.5 Å². The molecule has 0 aliphatic heterocycles. The molecule has 0 N–H and O–H groups in total. The van der Waals surface area contributed by atoms with Crippen molar-refractivity contribution in [1.82, 2.24) is 9.55 Å². The molecule has 2 rings (SSSR count). The molecule has 2 aromatic rings. The Kier molecular flexibility index (Phi) is 5.47. The lowest BCUT2D eigenvalue weighted by Gasteiger charge is -2.11. The molecule has 0 saturated heterocycles. The Labute approximate surface area is 134 Å². The fraction of sp³-hybridized carbons (Fsp3) is 0.412. The monoisotopic (exact) mass is 313 g/mol. The fourth-order valence-corrected chi connectivity index (χ4v) is 2.18. The number of esters is 1. The number of para-hydroxylation sites is 1. The van der Waals surface area contributed by atoms with Gasteiger partial charge in [-0.2, -0.15) is 5.26 Å². The first-order chi connectivity index (χ1) is 11.0. The average Bonchev–Trinajstić information content (AvgIpc) is 2.54. The summed E-state index contributed by atoms with van der Waals surface area (Å²) in [5.41, 5.74) is 0.227. The first kappa shape index (κ1) is 16.7. The average molecular weight is 313 g/mol. The van der Waals surface area contributed by atoms with Gasteiger partial charge in [0.05, 0.1) is 17.0 Å². The Bertz CT molecular complexity index is 803. The molecule has 0 spiro atoms. The number of aromatic nitrogens is 2. The third kappa shape index (κ3) is 4.16. The number of nitriles is 1. The van der Waals surface area contributed by atoms with Gasteiger partial charge in [0.1, 0.15) is 13.2 Å². The third-order valence-electron chi connectivity index (χ3n) is 3.46. The second kappa shape index (κ2) is 7.54. The summed E-state index contributed by atoms with van der Waals surface area (Å²) in [6.45, 7) is 3.82. The molecule has 0 aliphatic rings. The molecule has 1 heterocycles. The number of carbonyl (C=O) groups excluding carboxylic acids is 1. The van der Waals surface area contributed by atoms with Crippen LogP contribution in [-0.4, -0.2) is 15.5 Å². The molecule has 0 fully saturated rings. The van der Waals surface area contributed by atoms with Crippen LogP contribution in [0, 0.1) is 17.2 Å². The number of fused-ring (bicyclic) bond motifs is 1.